The van der Waals surface area contributed by atoms with Gasteiger partial charge in [-0.25, -0.2) is 0 Å². The van der Waals surface area contributed by atoms with Crippen LogP contribution in [0.5, 0.6) is 0 Å². The summed E-state index contributed by atoms with van der Waals surface area (Å²) in [6.45, 7) is 7.43. The smallest absolute Gasteiger partial charge is 0.101 e. The summed E-state index contributed by atoms with van der Waals surface area (Å²) < 4.78 is 0. The minimum absolute atomic E-state index is 0.382. The first-order chi connectivity index (χ1) is 10.0. The molecule has 0 aliphatic heterocycles. The molecule has 112 valence electrons. The second-order valence-electron chi connectivity index (χ2n) is 5.05. The Balaban J connectivity index is 2.99. The number of rotatable bonds is 7. The highest BCUT2D eigenvalue weighted by atomic mass is 15.1. The fourth-order valence-corrected chi connectivity index (χ4v) is 1.97. The van der Waals surface area contributed by atoms with E-state index in [2.05, 4.69) is 19.6 Å². The van der Waals surface area contributed by atoms with E-state index in [1.807, 2.05) is 36.2 Å². The first-order valence-electron chi connectivity index (χ1n) is 7.14. The summed E-state index contributed by atoms with van der Waals surface area (Å²) in [4.78, 5) is 2.01. The maximum Gasteiger partial charge on any atom is 0.101 e. The Kier molecular flexibility index (Phi) is 6.51. The van der Waals surface area contributed by atoms with E-state index in [4.69, 9.17) is 11.5 Å². The molecule has 0 radical (unpaired) electrons. The third-order valence-corrected chi connectivity index (χ3v) is 3.44. The van der Waals surface area contributed by atoms with E-state index in [0.717, 1.165) is 36.2 Å². The highest BCUT2D eigenvalue weighted by Crippen LogP contribution is 2.19. The summed E-state index contributed by atoms with van der Waals surface area (Å²) in [6.07, 6.45) is 4.01. The number of unbranched alkanes of at least 4 members (excludes halogenated alkanes) is 1. The fourth-order valence-electron chi connectivity index (χ4n) is 1.97. The number of allylic oxidation sites excluding steroid dienone is 1. The fraction of sp³-hybridized carbons (Fsp3) is 0.353. The number of nitrogen functional groups attached to an aromatic ring is 1. The van der Waals surface area contributed by atoms with Crippen LogP contribution in [0.2, 0.25) is 0 Å². The first kappa shape index (κ1) is 16.8. The van der Waals surface area contributed by atoms with Crippen LogP contribution in [-0.4, -0.2) is 18.5 Å². The predicted octanol–water partition coefficient (Wildman–Crippen LogP) is 2.88. The van der Waals surface area contributed by atoms with Crippen LogP contribution in [0.15, 0.2) is 36.0 Å². The maximum atomic E-state index is 9.36. The lowest BCUT2D eigenvalue weighted by molar-refractivity contribution is 0.417. The SMILES string of the molecule is C=C(/C(C#N)=C/c1ccc(N)c(CN)c1)N(C)CCCC. The third kappa shape index (κ3) is 4.66. The minimum Gasteiger partial charge on any atom is -0.398 e. The monoisotopic (exact) mass is 284 g/mol. The van der Waals surface area contributed by atoms with Gasteiger partial charge in [0.2, 0.25) is 0 Å². The van der Waals surface area contributed by atoms with E-state index in [1.165, 1.54) is 0 Å². The number of nitrogens with zero attached hydrogens (tertiary/aromatic N) is 2. The molecular formula is C17H24N4. The first-order valence-corrected chi connectivity index (χ1v) is 7.14. The van der Waals surface area contributed by atoms with E-state index >= 15 is 0 Å². The molecule has 0 aliphatic carbocycles. The van der Waals surface area contributed by atoms with Crippen LogP contribution < -0.4 is 11.5 Å². The van der Waals surface area contributed by atoms with Gasteiger partial charge in [0.25, 0.3) is 0 Å². The van der Waals surface area contributed by atoms with Gasteiger partial charge in [-0.1, -0.05) is 26.0 Å². The summed E-state index contributed by atoms with van der Waals surface area (Å²) in [7, 11) is 1.96. The Labute approximate surface area is 127 Å². The number of anilines is 1. The lowest BCUT2D eigenvalue weighted by Gasteiger charge is -2.20. The Morgan fingerprint density at radius 2 is 2.19 bits per heavy atom. The van der Waals surface area contributed by atoms with E-state index in [-0.39, 0.29) is 0 Å². The molecule has 1 aromatic carbocycles. The molecule has 0 aromatic heterocycles. The molecule has 1 aromatic rings. The average Bonchev–Trinajstić information content (AvgIpc) is 2.50. The lowest BCUT2D eigenvalue weighted by Crippen LogP contribution is -2.19. The third-order valence-electron chi connectivity index (χ3n) is 3.44. The van der Waals surface area contributed by atoms with E-state index < -0.39 is 0 Å². The van der Waals surface area contributed by atoms with Crippen molar-refractivity contribution in [3.8, 4) is 6.07 Å². The Bertz CT molecular complexity index is 567. The number of nitrogens with two attached hydrogens (primary N) is 2. The van der Waals surface area contributed by atoms with Crippen molar-refractivity contribution in [3.63, 3.8) is 0 Å². The van der Waals surface area contributed by atoms with Crippen molar-refractivity contribution in [1.82, 2.24) is 4.90 Å². The van der Waals surface area contributed by atoms with Crippen molar-refractivity contribution < 1.29 is 0 Å². The van der Waals surface area contributed by atoms with Gasteiger partial charge >= 0.3 is 0 Å². The van der Waals surface area contributed by atoms with Crippen LogP contribution in [-0.2, 0) is 6.54 Å². The molecule has 1 rings (SSSR count). The molecule has 4 nitrogen and oxygen atoms in total. The molecule has 0 saturated carbocycles. The van der Waals surface area contributed by atoms with Gasteiger partial charge in [0.15, 0.2) is 0 Å². The molecule has 0 heterocycles. The molecule has 0 spiro atoms. The Morgan fingerprint density at radius 3 is 2.76 bits per heavy atom. The number of likely N-dealkylation sites (N-methyl/N-ethyl adjacent to an activating group) is 1. The topological polar surface area (TPSA) is 79.1 Å². The molecule has 0 aliphatic rings. The van der Waals surface area contributed by atoms with Crippen molar-refractivity contribution in [3.05, 3.63) is 47.2 Å². The van der Waals surface area contributed by atoms with E-state index in [1.54, 1.807) is 0 Å². The molecule has 0 fully saturated rings. The molecule has 0 bridgehead atoms. The van der Waals surface area contributed by atoms with Crippen LogP contribution in [0.3, 0.4) is 0 Å². The number of benzene rings is 1. The zero-order valence-electron chi connectivity index (χ0n) is 12.9. The van der Waals surface area contributed by atoms with E-state index in [9.17, 15) is 5.26 Å². The highest BCUT2D eigenvalue weighted by molar-refractivity contribution is 5.65. The van der Waals surface area contributed by atoms with Crippen molar-refractivity contribution in [2.45, 2.75) is 26.3 Å². The standard InChI is InChI=1S/C17H24N4/c1-4-5-8-21(3)13(2)15(11-18)9-14-6-7-17(20)16(10-14)12-19/h6-7,9-10H,2,4-5,8,12,19-20H2,1,3H3/b15-9+. The van der Waals surface area contributed by atoms with Gasteiger partial charge < -0.3 is 16.4 Å². The summed E-state index contributed by atoms with van der Waals surface area (Å²) in [5, 5.41) is 9.36. The van der Waals surface area contributed by atoms with Gasteiger partial charge in [0, 0.05) is 31.5 Å². The normalized spacial score (nSPS) is 11.0. The zero-order valence-corrected chi connectivity index (χ0v) is 12.9. The second kappa shape index (κ2) is 8.13. The van der Waals surface area contributed by atoms with Gasteiger partial charge in [-0.05, 0) is 35.8 Å². The largest absolute Gasteiger partial charge is 0.398 e. The molecule has 4 heteroatoms. The van der Waals surface area contributed by atoms with Crippen molar-refractivity contribution in [2.75, 3.05) is 19.3 Å². The summed E-state index contributed by atoms with van der Waals surface area (Å²) >= 11 is 0. The quantitative estimate of drug-likeness (QED) is 0.458. The molecule has 21 heavy (non-hydrogen) atoms. The molecule has 0 amide bonds. The Hall–Kier alpha value is -2.25. The van der Waals surface area contributed by atoms with Gasteiger partial charge in [-0.15, -0.1) is 0 Å². The zero-order chi connectivity index (χ0) is 15.8. The number of hydrogen-bond donors (Lipinski definition) is 2. The minimum atomic E-state index is 0.382. The van der Waals surface area contributed by atoms with E-state index in [0.29, 0.717) is 17.8 Å². The summed E-state index contributed by atoms with van der Waals surface area (Å²) in [5.74, 6) is 0. The van der Waals surface area contributed by atoms with Crippen LogP contribution in [0.1, 0.15) is 30.9 Å². The number of nitriles is 1. The number of hydrogen-bond acceptors (Lipinski definition) is 4. The van der Waals surface area contributed by atoms with Crippen LogP contribution >= 0.6 is 0 Å². The predicted molar refractivity (Wildman–Crippen MR) is 89.0 cm³/mol. The van der Waals surface area contributed by atoms with Gasteiger partial charge in [0.05, 0.1) is 5.57 Å². The molecule has 0 unspecified atom stereocenters. The van der Waals surface area contributed by atoms with Crippen LogP contribution in [0.25, 0.3) is 6.08 Å². The average molecular weight is 284 g/mol. The molecular weight excluding hydrogens is 260 g/mol. The second-order valence-corrected chi connectivity index (χ2v) is 5.05. The van der Waals surface area contributed by atoms with Crippen LogP contribution in [0, 0.1) is 11.3 Å². The maximum absolute atomic E-state index is 9.36. The van der Waals surface area contributed by atoms with Gasteiger partial charge in [0.1, 0.15) is 6.07 Å². The summed E-state index contributed by atoms with van der Waals surface area (Å²) in [5.41, 5.74) is 15.2. The molecule has 4 N–H and O–H groups in total. The van der Waals surface area contributed by atoms with Crippen molar-refractivity contribution >= 4 is 11.8 Å². The summed E-state index contributed by atoms with van der Waals surface area (Å²) in [6, 6.07) is 7.82. The highest BCUT2D eigenvalue weighted by Gasteiger charge is 2.08. The van der Waals surface area contributed by atoms with Gasteiger partial charge in [-0.2, -0.15) is 5.26 Å². The molecule has 0 atom stereocenters. The Morgan fingerprint density at radius 1 is 1.48 bits per heavy atom. The van der Waals surface area contributed by atoms with Crippen molar-refractivity contribution in [2.24, 2.45) is 5.73 Å². The lowest BCUT2D eigenvalue weighted by atomic mass is 10.0. The van der Waals surface area contributed by atoms with Crippen LogP contribution in [0.4, 0.5) is 5.69 Å². The van der Waals surface area contributed by atoms with Gasteiger partial charge in [-0.3, -0.25) is 0 Å². The van der Waals surface area contributed by atoms with Crippen molar-refractivity contribution in [1.29, 1.82) is 5.26 Å². The molecule has 0 saturated heterocycles.